The summed E-state index contributed by atoms with van der Waals surface area (Å²) >= 11 is 0. The summed E-state index contributed by atoms with van der Waals surface area (Å²) in [6, 6.07) is 0. The molecule has 0 saturated heterocycles. The molecule has 36 heavy (non-hydrogen) atoms. The molecule has 0 radical (unpaired) electrons. The maximum atomic E-state index is 12.3. The zero-order valence-electron chi connectivity index (χ0n) is 24.9. The van der Waals surface area contributed by atoms with Crippen molar-refractivity contribution in [2.75, 3.05) is 13.2 Å². The third-order valence-electron chi connectivity index (χ3n) is 7.82. The molecule has 0 saturated carbocycles. The van der Waals surface area contributed by atoms with Gasteiger partial charge in [0, 0.05) is 12.8 Å². The van der Waals surface area contributed by atoms with Gasteiger partial charge in [0.1, 0.15) is 0 Å². The second-order valence-corrected chi connectivity index (χ2v) is 11.0. The average Bonchev–Trinajstić information content (AvgIpc) is 2.89. The maximum absolute atomic E-state index is 12.3. The zero-order chi connectivity index (χ0) is 26.9. The molecule has 0 amide bonds. The van der Waals surface area contributed by atoms with Crippen LogP contribution in [0.25, 0.3) is 0 Å². The Morgan fingerprint density at radius 2 is 0.917 bits per heavy atom. The lowest BCUT2D eigenvalue weighted by Gasteiger charge is -2.17. The summed E-state index contributed by atoms with van der Waals surface area (Å²) in [6.07, 6.45) is 22.3. The summed E-state index contributed by atoms with van der Waals surface area (Å²) in [5.41, 5.74) is 0. The molecule has 0 N–H and O–H groups in total. The number of hydrogen-bond acceptors (Lipinski definition) is 4. The molecule has 0 aliphatic carbocycles. The summed E-state index contributed by atoms with van der Waals surface area (Å²) in [5.74, 6) is 1.51. The van der Waals surface area contributed by atoms with E-state index in [0.717, 1.165) is 38.5 Å². The van der Waals surface area contributed by atoms with E-state index in [1.54, 1.807) is 0 Å². The lowest BCUT2D eigenvalue weighted by molar-refractivity contribution is -0.146. The van der Waals surface area contributed by atoms with E-state index < -0.39 is 0 Å². The summed E-state index contributed by atoms with van der Waals surface area (Å²) < 4.78 is 11.1. The molecule has 0 rings (SSSR count). The van der Waals surface area contributed by atoms with E-state index in [9.17, 15) is 9.59 Å². The van der Waals surface area contributed by atoms with Crippen molar-refractivity contribution >= 4 is 11.9 Å². The molecule has 3 atom stereocenters. The van der Waals surface area contributed by atoms with Gasteiger partial charge < -0.3 is 9.47 Å². The molecule has 4 nitrogen and oxygen atoms in total. The van der Waals surface area contributed by atoms with Gasteiger partial charge in [0.25, 0.3) is 0 Å². The number of ether oxygens (including phenoxy) is 2. The van der Waals surface area contributed by atoms with Crippen molar-refractivity contribution in [1.29, 1.82) is 0 Å². The highest BCUT2D eigenvalue weighted by Crippen LogP contribution is 2.20. The lowest BCUT2D eigenvalue weighted by atomic mass is 9.94. The third kappa shape index (κ3) is 21.1. The van der Waals surface area contributed by atoms with Crippen LogP contribution in [-0.4, -0.2) is 25.2 Å². The van der Waals surface area contributed by atoms with E-state index in [0.29, 0.717) is 43.8 Å². The minimum Gasteiger partial charge on any atom is -0.465 e. The van der Waals surface area contributed by atoms with Crippen LogP contribution in [-0.2, 0) is 19.1 Å². The highest BCUT2D eigenvalue weighted by Gasteiger charge is 2.15. The minimum absolute atomic E-state index is 0.00218. The van der Waals surface area contributed by atoms with E-state index >= 15 is 0 Å². The van der Waals surface area contributed by atoms with Gasteiger partial charge in [-0.25, -0.2) is 0 Å². The van der Waals surface area contributed by atoms with Crippen molar-refractivity contribution in [3.05, 3.63) is 0 Å². The first kappa shape index (κ1) is 34.9. The van der Waals surface area contributed by atoms with Crippen molar-refractivity contribution in [3.63, 3.8) is 0 Å². The molecule has 0 aliphatic rings. The molecular weight excluding hydrogens is 448 g/mol. The summed E-state index contributed by atoms with van der Waals surface area (Å²) in [4.78, 5) is 24.2. The lowest BCUT2D eigenvalue weighted by Crippen LogP contribution is -2.16. The molecule has 0 aromatic heterocycles. The van der Waals surface area contributed by atoms with Crippen LogP contribution < -0.4 is 0 Å². The molecule has 214 valence electrons. The number of esters is 2. The fourth-order valence-electron chi connectivity index (χ4n) is 4.80. The van der Waals surface area contributed by atoms with Crippen LogP contribution in [0.2, 0.25) is 0 Å². The Morgan fingerprint density at radius 3 is 1.39 bits per heavy atom. The Bertz CT molecular complexity index is 504. The van der Waals surface area contributed by atoms with Gasteiger partial charge in [-0.2, -0.15) is 0 Å². The topological polar surface area (TPSA) is 52.6 Å². The number of hydrogen-bond donors (Lipinski definition) is 0. The van der Waals surface area contributed by atoms with Gasteiger partial charge in [-0.3, -0.25) is 9.59 Å². The molecule has 0 heterocycles. The molecule has 3 unspecified atom stereocenters. The van der Waals surface area contributed by atoms with Crippen LogP contribution in [0.3, 0.4) is 0 Å². The van der Waals surface area contributed by atoms with Gasteiger partial charge in [-0.15, -0.1) is 0 Å². The van der Waals surface area contributed by atoms with E-state index in [4.69, 9.17) is 9.47 Å². The van der Waals surface area contributed by atoms with Crippen molar-refractivity contribution in [3.8, 4) is 0 Å². The maximum Gasteiger partial charge on any atom is 0.306 e. The molecule has 0 aromatic rings. The van der Waals surface area contributed by atoms with E-state index in [1.807, 2.05) is 0 Å². The quantitative estimate of drug-likeness (QED) is 0.0858. The summed E-state index contributed by atoms with van der Waals surface area (Å²) in [6.45, 7) is 12.2. The van der Waals surface area contributed by atoms with Crippen LogP contribution in [0.15, 0.2) is 0 Å². The monoisotopic (exact) mass is 510 g/mol. The second-order valence-electron chi connectivity index (χ2n) is 11.0. The Balaban J connectivity index is 3.69. The normalized spacial score (nSPS) is 13.8. The van der Waals surface area contributed by atoms with E-state index in [1.165, 1.54) is 77.0 Å². The molecule has 0 fully saturated rings. The van der Waals surface area contributed by atoms with Crippen molar-refractivity contribution in [1.82, 2.24) is 0 Å². The predicted octanol–water partition coefficient (Wildman–Crippen LogP) is 9.82. The molecule has 0 bridgehead atoms. The SMILES string of the molecule is CCCCC(CC)COC(=O)CCCCCCCCCCC(CC)CC(=O)OCC(CC)CCCC. The number of unbranched alkanes of at least 4 members (excludes halogenated alkanes) is 9. The molecule has 0 spiro atoms. The Labute approximate surface area is 225 Å². The summed E-state index contributed by atoms with van der Waals surface area (Å²) in [5, 5.41) is 0. The van der Waals surface area contributed by atoms with E-state index in [2.05, 4.69) is 34.6 Å². The molecule has 4 heteroatoms. The first-order chi connectivity index (χ1) is 17.5. The average molecular weight is 511 g/mol. The first-order valence-electron chi connectivity index (χ1n) is 15.8. The first-order valence-corrected chi connectivity index (χ1v) is 15.8. The predicted molar refractivity (Wildman–Crippen MR) is 153 cm³/mol. The van der Waals surface area contributed by atoms with Crippen LogP contribution >= 0.6 is 0 Å². The fraction of sp³-hybridized carbons (Fsp3) is 0.938. The number of carbonyl (C=O) groups excluding carboxylic acids is 2. The highest BCUT2D eigenvalue weighted by atomic mass is 16.5. The second kappa shape index (κ2) is 25.6. The standard InChI is InChI=1S/C32H62O4/c1-6-11-21-29(9-4)26-35-31(33)24-20-18-16-14-13-15-17-19-23-28(8-3)25-32(34)36-27-30(10-5)22-12-7-2/h28-30H,6-27H2,1-5H3. The van der Waals surface area contributed by atoms with Crippen LogP contribution in [0, 0.1) is 17.8 Å². The fourth-order valence-corrected chi connectivity index (χ4v) is 4.80. The zero-order valence-corrected chi connectivity index (χ0v) is 24.9. The van der Waals surface area contributed by atoms with Crippen molar-refractivity contribution in [2.24, 2.45) is 17.8 Å². The molecule has 0 aromatic carbocycles. The Morgan fingerprint density at radius 1 is 0.500 bits per heavy atom. The van der Waals surface area contributed by atoms with Gasteiger partial charge >= 0.3 is 11.9 Å². The Hall–Kier alpha value is -1.06. The molecule has 0 aliphatic heterocycles. The largest absolute Gasteiger partial charge is 0.465 e. The third-order valence-corrected chi connectivity index (χ3v) is 7.82. The smallest absolute Gasteiger partial charge is 0.306 e. The van der Waals surface area contributed by atoms with Gasteiger partial charge in [0.15, 0.2) is 0 Å². The molecular formula is C32H62O4. The van der Waals surface area contributed by atoms with E-state index in [-0.39, 0.29) is 11.9 Å². The highest BCUT2D eigenvalue weighted by molar-refractivity contribution is 5.69. The number of carbonyl (C=O) groups is 2. The van der Waals surface area contributed by atoms with Crippen molar-refractivity contribution in [2.45, 2.75) is 163 Å². The van der Waals surface area contributed by atoms with Gasteiger partial charge in [0.05, 0.1) is 13.2 Å². The van der Waals surface area contributed by atoms with Crippen LogP contribution in [0.1, 0.15) is 163 Å². The number of rotatable bonds is 26. The minimum atomic E-state index is -0.0130. The summed E-state index contributed by atoms with van der Waals surface area (Å²) in [7, 11) is 0. The van der Waals surface area contributed by atoms with Gasteiger partial charge in [0.2, 0.25) is 0 Å². The van der Waals surface area contributed by atoms with Crippen LogP contribution in [0.5, 0.6) is 0 Å². The van der Waals surface area contributed by atoms with Crippen molar-refractivity contribution < 1.29 is 19.1 Å². The van der Waals surface area contributed by atoms with Gasteiger partial charge in [-0.1, -0.05) is 125 Å². The van der Waals surface area contributed by atoms with Crippen LogP contribution in [0.4, 0.5) is 0 Å². The van der Waals surface area contributed by atoms with Gasteiger partial charge in [-0.05, 0) is 43.4 Å². The Kier molecular flexibility index (Phi) is 24.8.